The van der Waals surface area contributed by atoms with E-state index in [4.69, 9.17) is 9.15 Å². The number of hydrogen-bond donors (Lipinski definition) is 2. The van der Waals surface area contributed by atoms with Gasteiger partial charge in [0, 0.05) is 16.9 Å². The van der Waals surface area contributed by atoms with Crippen molar-refractivity contribution in [2.75, 3.05) is 17.7 Å². The molecule has 2 N–H and O–H groups in total. The molecule has 0 saturated heterocycles. The lowest BCUT2D eigenvalue weighted by Gasteiger charge is -2.31. The fraction of sp³-hybridized carbons (Fsp3) is 0.250. The molecule has 3 aromatic rings. The first-order valence-electron chi connectivity index (χ1n) is 10.5. The molecular formula is C24H18BrF7N2O4. The van der Waals surface area contributed by atoms with Crippen molar-refractivity contribution in [2.45, 2.75) is 31.9 Å². The third-order valence-electron chi connectivity index (χ3n) is 5.45. The van der Waals surface area contributed by atoms with E-state index in [1.165, 1.54) is 37.4 Å². The zero-order valence-corrected chi connectivity index (χ0v) is 21.3. The average molecular weight is 611 g/mol. The van der Waals surface area contributed by atoms with Gasteiger partial charge >= 0.3 is 18.0 Å². The van der Waals surface area contributed by atoms with Gasteiger partial charge in [0.25, 0.3) is 11.8 Å². The third kappa shape index (κ3) is 5.49. The highest BCUT2D eigenvalue weighted by Crippen LogP contribution is 2.53. The number of aryl methyl sites for hydroxylation is 2. The number of methoxy groups -OCH3 is 1. The quantitative estimate of drug-likeness (QED) is 0.284. The minimum absolute atomic E-state index is 0.0355. The number of benzene rings is 2. The Bertz CT molecular complexity index is 1350. The van der Waals surface area contributed by atoms with Gasteiger partial charge < -0.3 is 19.8 Å². The number of rotatable bonds is 6. The minimum Gasteiger partial charge on any atom is -0.496 e. The standard InChI is InChI=1S/C24H18BrF7N2O4/c1-11-8-13(22(26,23(27,28)29)24(30,31)32)9-12(2)19(11)34-20(35)15-10-14(4-5-16(15)37-3)33-21(36)17-6-7-18(25)38-17/h4-10H,1-3H3,(H,33,36)(H,34,35). The van der Waals surface area contributed by atoms with Crippen LogP contribution < -0.4 is 15.4 Å². The summed E-state index contributed by atoms with van der Waals surface area (Å²) in [7, 11) is 1.26. The summed E-state index contributed by atoms with van der Waals surface area (Å²) < 4.78 is 104. The summed E-state index contributed by atoms with van der Waals surface area (Å²) in [5, 5.41) is 4.91. The predicted octanol–water partition coefficient (Wildman–Crippen LogP) is 7.46. The minimum atomic E-state index is -6.28. The molecule has 1 aromatic heterocycles. The van der Waals surface area contributed by atoms with Crippen molar-refractivity contribution in [3.05, 3.63) is 75.1 Å². The molecule has 0 atom stereocenters. The monoisotopic (exact) mass is 610 g/mol. The van der Waals surface area contributed by atoms with Crippen LogP contribution in [0.3, 0.4) is 0 Å². The van der Waals surface area contributed by atoms with Crippen molar-refractivity contribution in [3.63, 3.8) is 0 Å². The van der Waals surface area contributed by atoms with Crippen molar-refractivity contribution in [3.8, 4) is 5.75 Å². The van der Waals surface area contributed by atoms with Crippen molar-refractivity contribution in [1.82, 2.24) is 0 Å². The molecule has 3 rings (SSSR count). The van der Waals surface area contributed by atoms with Gasteiger partial charge in [-0.15, -0.1) is 0 Å². The Morgan fingerprint density at radius 2 is 1.42 bits per heavy atom. The summed E-state index contributed by atoms with van der Waals surface area (Å²) in [5.74, 6) is -1.49. The smallest absolute Gasteiger partial charge is 0.435 e. The Balaban J connectivity index is 1.94. The number of anilines is 2. The Labute approximate surface area is 219 Å². The fourth-order valence-corrected chi connectivity index (χ4v) is 3.93. The van der Waals surface area contributed by atoms with Crippen molar-refractivity contribution in [1.29, 1.82) is 0 Å². The van der Waals surface area contributed by atoms with Crippen molar-refractivity contribution in [2.24, 2.45) is 0 Å². The van der Waals surface area contributed by atoms with Crippen LogP contribution in [0.1, 0.15) is 37.6 Å². The van der Waals surface area contributed by atoms with Crippen LogP contribution in [0.15, 0.2) is 51.6 Å². The summed E-state index contributed by atoms with van der Waals surface area (Å²) in [6.45, 7) is 2.24. The lowest BCUT2D eigenvalue weighted by atomic mass is 9.90. The number of furan rings is 1. The maximum atomic E-state index is 14.5. The van der Waals surface area contributed by atoms with Crippen molar-refractivity contribution >= 4 is 39.1 Å². The van der Waals surface area contributed by atoms with E-state index < -0.39 is 35.4 Å². The summed E-state index contributed by atoms with van der Waals surface area (Å²) >= 11 is 3.06. The topological polar surface area (TPSA) is 80.6 Å². The molecule has 14 heteroatoms. The molecule has 2 aromatic carbocycles. The molecule has 0 radical (unpaired) electrons. The average Bonchev–Trinajstić information content (AvgIpc) is 3.25. The Morgan fingerprint density at radius 1 is 0.842 bits per heavy atom. The van der Waals surface area contributed by atoms with E-state index in [1.54, 1.807) is 0 Å². The zero-order chi connectivity index (χ0) is 28.6. The van der Waals surface area contributed by atoms with Crippen LogP contribution in [0.25, 0.3) is 0 Å². The molecule has 0 aliphatic carbocycles. The molecule has 6 nitrogen and oxygen atoms in total. The van der Waals surface area contributed by atoms with Gasteiger partial charge in [-0.1, -0.05) is 12.1 Å². The molecule has 0 unspecified atom stereocenters. The number of halogens is 8. The second-order valence-corrected chi connectivity index (χ2v) is 8.85. The first-order valence-corrected chi connectivity index (χ1v) is 11.3. The number of alkyl halides is 7. The van der Waals surface area contributed by atoms with Gasteiger partial charge in [0.05, 0.1) is 12.7 Å². The summed E-state index contributed by atoms with van der Waals surface area (Å²) in [6, 6.07) is 7.66. The van der Waals surface area contributed by atoms with Gasteiger partial charge in [-0.05, 0) is 71.2 Å². The van der Waals surface area contributed by atoms with E-state index in [0.717, 1.165) is 13.8 Å². The Hall–Kier alpha value is -3.55. The molecule has 38 heavy (non-hydrogen) atoms. The second kappa shape index (κ2) is 10.3. The molecular weight excluding hydrogens is 593 g/mol. The van der Waals surface area contributed by atoms with Crippen LogP contribution in [0.5, 0.6) is 5.75 Å². The van der Waals surface area contributed by atoms with E-state index in [1.807, 2.05) is 0 Å². The van der Waals surface area contributed by atoms with Crippen LogP contribution in [0, 0.1) is 13.8 Å². The lowest BCUT2D eigenvalue weighted by Crippen LogP contribution is -2.50. The van der Waals surface area contributed by atoms with E-state index in [2.05, 4.69) is 26.6 Å². The maximum absolute atomic E-state index is 14.5. The summed E-state index contributed by atoms with van der Waals surface area (Å²) in [5.41, 5.74) is -7.91. The summed E-state index contributed by atoms with van der Waals surface area (Å²) in [4.78, 5) is 25.4. The second-order valence-electron chi connectivity index (χ2n) is 8.07. The Morgan fingerprint density at radius 3 is 1.89 bits per heavy atom. The highest BCUT2D eigenvalue weighted by Gasteiger charge is 2.73. The van der Waals surface area contributed by atoms with Crippen molar-refractivity contribution < 1.29 is 49.5 Å². The van der Waals surface area contributed by atoms with Gasteiger partial charge in [-0.25, -0.2) is 4.39 Å². The Kier molecular flexibility index (Phi) is 7.87. The first kappa shape index (κ1) is 29.0. The van der Waals surface area contributed by atoms with Gasteiger partial charge in [-0.3, -0.25) is 9.59 Å². The number of carbonyl (C=O) groups is 2. The largest absolute Gasteiger partial charge is 0.496 e. The molecule has 0 spiro atoms. The van der Waals surface area contributed by atoms with Gasteiger partial charge in [-0.2, -0.15) is 26.3 Å². The van der Waals surface area contributed by atoms with Gasteiger partial charge in [0.15, 0.2) is 10.4 Å². The first-order chi connectivity index (χ1) is 17.5. The molecule has 0 aliphatic heterocycles. The number of amides is 2. The number of nitrogens with one attached hydrogen (secondary N) is 2. The molecule has 0 bridgehead atoms. The highest BCUT2D eigenvalue weighted by molar-refractivity contribution is 9.10. The van der Waals surface area contributed by atoms with Crippen LogP contribution in [0.2, 0.25) is 0 Å². The lowest BCUT2D eigenvalue weighted by molar-refractivity contribution is -0.348. The van der Waals surface area contributed by atoms with Crippen LogP contribution in [-0.4, -0.2) is 31.3 Å². The maximum Gasteiger partial charge on any atom is 0.435 e. The number of ether oxygens (including phenoxy) is 1. The van der Waals surface area contributed by atoms with E-state index in [9.17, 15) is 40.3 Å². The molecule has 2 amide bonds. The highest BCUT2D eigenvalue weighted by atomic mass is 79.9. The van der Waals surface area contributed by atoms with E-state index in [-0.39, 0.29) is 39.6 Å². The van der Waals surface area contributed by atoms with E-state index >= 15 is 0 Å². The predicted molar refractivity (Wildman–Crippen MR) is 126 cm³/mol. The molecule has 0 aliphatic rings. The number of hydrogen-bond acceptors (Lipinski definition) is 4. The SMILES string of the molecule is COc1ccc(NC(=O)c2ccc(Br)o2)cc1C(=O)Nc1c(C)cc(C(F)(C(F)(F)F)C(F)(F)F)cc1C. The van der Waals surface area contributed by atoms with Crippen LogP contribution >= 0.6 is 15.9 Å². The summed E-state index contributed by atoms with van der Waals surface area (Å²) in [6.07, 6.45) is -12.6. The number of carbonyl (C=O) groups excluding carboxylic acids is 2. The molecule has 0 saturated carbocycles. The van der Waals surface area contributed by atoms with Gasteiger partial charge in [0.1, 0.15) is 5.75 Å². The normalized spacial score (nSPS) is 12.3. The van der Waals surface area contributed by atoms with Gasteiger partial charge in [0.2, 0.25) is 0 Å². The third-order valence-corrected chi connectivity index (χ3v) is 5.88. The van der Waals surface area contributed by atoms with E-state index in [0.29, 0.717) is 16.8 Å². The molecule has 204 valence electrons. The fourth-order valence-electron chi connectivity index (χ4n) is 3.62. The molecule has 0 fully saturated rings. The zero-order valence-electron chi connectivity index (χ0n) is 19.7. The van der Waals surface area contributed by atoms with Crippen LogP contribution in [0.4, 0.5) is 42.1 Å². The molecule has 1 heterocycles. The van der Waals surface area contributed by atoms with Crippen LogP contribution in [-0.2, 0) is 5.67 Å².